The van der Waals surface area contributed by atoms with Crippen molar-refractivity contribution in [1.82, 2.24) is 9.88 Å². The van der Waals surface area contributed by atoms with E-state index in [9.17, 15) is 9.59 Å². The summed E-state index contributed by atoms with van der Waals surface area (Å²) >= 11 is 1.40. The molecule has 0 bridgehead atoms. The van der Waals surface area contributed by atoms with E-state index in [1.807, 2.05) is 6.92 Å². The number of esters is 1. The maximum Gasteiger partial charge on any atom is 0.309 e. The van der Waals surface area contributed by atoms with E-state index in [-0.39, 0.29) is 23.8 Å². The summed E-state index contributed by atoms with van der Waals surface area (Å²) < 4.78 is 5.02. The zero-order chi connectivity index (χ0) is 15.4. The van der Waals surface area contributed by atoms with Gasteiger partial charge in [0.2, 0.25) is 0 Å². The molecule has 2 rings (SSSR count). The molecular formula is C14H21N3O3S. The predicted octanol–water partition coefficient (Wildman–Crippen LogP) is 1.58. The summed E-state index contributed by atoms with van der Waals surface area (Å²) in [7, 11) is 0. The Kier molecular flexibility index (Phi) is 5.30. The summed E-state index contributed by atoms with van der Waals surface area (Å²) in [5.41, 5.74) is 6.20. The summed E-state index contributed by atoms with van der Waals surface area (Å²) in [6.07, 6.45) is 1.30. The summed E-state index contributed by atoms with van der Waals surface area (Å²) in [4.78, 5) is 30.0. The molecule has 1 atom stereocenters. The van der Waals surface area contributed by atoms with Gasteiger partial charge < -0.3 is 15.4 Å². The number of piperidine rings is 1. The van der Waals surface area contributed by atoms with E-state index in [2.05, 4.69) is 4.98 Å². The zero-order valence-electron chi connectivity index (χ0n) is 12.4. The number of rotatable bonds is 4. The summed E-state index contributed by atoms with van der Waals surface area (Å²) in [5.74, 6) is -0.331. The number of hydrogen-bond donors (Lipinski definition) is 1. The van der Waals surface area contributed by atoms with Crippen molar-refractivity contribution in [2.75, 3.05) is 19.7 Å². The molecule has 21 heavy (non-hydrogen) atoms. The molecule has 0 spiro atoms. The second-order valence-electron chi connectivity index (χ2n) is 5.18. The van der Waals surface area contributed by atoms with Gasteiger partial charge in [0, 0.05) is 18.5 Å². The fourth-order valence-electron chi connectivity index (χ4n) is 2.34. The second-order valence-corrected chi connectivity index (χ2v) is 6.07. The molecule has 0 aromatic carbocycles. The van der Waals surface area contributed by atoms with Crippen LogP contribution in [0.15, 0.2) is 5.38 Å². The van der Waals surface area contributed by atoms with Crippen LogP contribution in [0.1, 0.15) is 48.2 Å². The van der Waals surface area contributed by atoms with E-state index >= 15 is 0 Å². The van der Waals surface area contributed by atoms with Gasteiger partial charge in [-0.05, 0) is 26.7 Å². The molecule has 0 radical (unpaired) electrons. The molecule has 1 unspecified atom stereocenters. The Hall–Kier alpha value is -1.47. The first-order valence-electron chi connectivity index (χ1n) is 7.19. The van der Waals surface area contributed by atoms with Crippen LogP contribution in [-0.2, 0) is 9.53 Å². The Bertz CT molecular complexity index is 507. The molecule has 1 amide bonds. The molecule has 1 aromatic heterocycles. The molecule has 0 aliphatic carbocycles. The van der Waals surface area contributed by atoms with E-state index < -0.39 is 0 Å². The standard InChI is InChI=1S/C14H21N3O3S/c1-3-20-14(19)10-4-6-17(7-5-10)13(18)11-8-21-12(16-11)9(2)15/h8-10H,3-7,15H2,1-2H3. The molecule has 116 valence electrons. The Morgan fingerprint density at radius 1 is 1.52 bits per heavy atom. The first-order valence-corrected chi connectivity index (χ1v) is 8.07. The summed E-state index contributed by atoms with van der Waals surface area (Å²) in [6, 6.07) is -0.161. The lowest BCUT2D eigenvalue weighted by atomic mass is 9.97. The SMILES string of the molecule is CCOC(=O)C1CCN(C(=O)c2csc(C(C)N)n2)CC1. The lowest BCUT2D eigenvalue weighted by molar-refractivity contribution is -0.149. The normalized spacial score (nSPS) is 17.6. The number of ether oxygens (including phenoxy) is 1. The van der Waals surface area contributed by atoms with Crippen LogP contribution >= 0.6 is 11.3 Å². The Morgan fingerprint density at radius 2 is 2.19 bits per heavy atom. The van der Waals surface area contributed by atoms with E-state index in [0.29, 0.717) is 38.2 Å². The lowest BCUT2D eigenvalue weighted by Gasteiger charge is -2.30. The molecule has 1 aliphatic rings. The van der Waals surface area contributed by atoms with Gasteiger partial charge in [-0.2, -0.15) is 0 Å². The number of thiazole rings is 1. The number of amides is 1. The van der Waals surface area contributed by atoms with E-state index in [1.165, 1.54) is 11.3 Å². The van der Waals surface area contributed by atoms with Gasteiger partial charge in [0.25, 0.3) is 5.91 Å². The van der Waals surface area contributed by atoms with Crippen molar-refractivity contribution in [1.29, 1.82) is 0 Å². The van der Waals surface area contributed by atoms with Gasteiger partial charge in [0.05, 0.1) is 18.6 Å². The minimum absolute atomic E-state index is 0.0829. The van der Waals surface area contributed by atoms with Gasteiger partial charge in [0.15, 0.2) is 0 Å². The van der Waals surface area contributed by atoms with Gasteiger partial charge in [-0.1, -0.05) is 0 Å². The van der Waals surface area contributed by atoms with Crippen molar-refractivity contribution in [3.05, 3.63) is 16.1 Å². The quantitative estimate of drug-likeness (QED) is 0.853. The topological polar surface area (TPSA) is 85.5 Å². The van der Waals surface area contributed by atoms with Crippen molar-refractivity contribution in [2.24, 2.45) is 11.7 Å². The maximum absolute atomic E-state index is 12.4. The van der Waals surface area contributed by atoms with Gasteiger partial charge in [-0.25, -0.2) is 4.98 Å². The Morgan fingerprint density at radius 3 is 2.71 bits per heavy atom. The smallest absolute Gasteiger partial charge is 0.309 e. The molecule has 1 saturated heterocycles. The van der Waals surface area contributed by atoms with Gasteiger partial charge in [-0.3, -0.25) is 9.59 Å². The first-order chi connectivity index (χ1) is 10.0. The predicted molar refractivity (Wildman–Crippen MR) is 80.0 cm³/mol. The third-order valence-corrected chi connectivity index (χ3v) is 4.58. The third kappa shape index (κ3) is 3.79. The summed E-state index contributed by atoms with van der Waals surface area (Å²) in [6.45, 7) is 5.17. The fourth-order valence-corrected chi connectivity index (χ4v) is 3.09. The van der Waals surface area contributed by atoms with E-state index in [1.54, 1.807) is 17.2 Å². The highest BCUT2D eigenvalue weighted by atomic mass is 32.1. The van der Waals surface area contributed by atoms with Crippen LogP contribution in [0, 0.1) is 5.92 Å². The van der Waals surface area contributed by atoms with E-state index in [0.717, 1.165) is 5.01 Å². The van der Waals surface area contributed by atoms with Crippen LogP contribution in [-0.4, -0.2) is 41.5 Å². The highest BCUT2D eigenvalue weighted by Gasteiger charge is 2.29. The van der Waals surface area contributed by atoms with Crippen molar-refractivity contribution in [3.8, 4) is 0 Å². The highest BCUT2D eigenvalue weighted by Crippen LogP contribution is 2.22. The molecular weight excluding hydrogens is 290 g/mol. The Balaban J connectivity index is 1.92. The molecule has 1 aromatic rings. The number of nitrogens with two attached hydrogens (primary N) is 1. The highest BCUT2D eigenvalue weighted by molar-refractivity contribution is 7.09. The van der Waals surface area contributed by atoms with Crippen LogP contribution in [0.5, 0.6) is 0 Å². The van der Waals surface area contributed by atoms with Crippen LogP contribution in [0.2, 0.25) is 0 Å². The molecule has 2 heterocycles. The fraction of sp³-hybridized carbons (Fsp3) is 0.643. The van der Waals surface area contributed by atoms with Crippen molar-refractivity contribution in [2.45, 2.75) is 32.7 Å². The number of nitrogens with zero attached hydrogens (tertiary/aromatic N) is 2. The molecule has 1 aliphatic heterocycles. The zero-order valence-corrected chi connectivity index (χ0v) is 13.2. The average Bonchev–Trinajstić information content (AvgIpc) is 2.97. The molecule has 6 nitrogen and oxygen atoms in total. The molecule has 0 saturated carbocycles. The largest absolute Gasteiger partial charge is 0.466 e. The van der Waals surface area contributed by atoms with Gasteiger partial charge in [-0.15, -0.1) is 11.3 Å². The number of carbonyl (C=O) groups is 2. The monoisotopic (exact) mass is 311 g/mol. The van der Waals surface area contributed by atoms with Crippen molar-refractivity contribution < 1.29 is 14.3 Å². The number of likely N-dealkylation sites (tertiary alicyclic amines) is 1. The first kappa shape index (κ1) is 15.9. The molecule has 1 fully saturated rings. The summed E-state index contributed by atoms with van der Waals surface area (Å²) in [5, 5.41) is 2.51. The number of carbonyl (C=O) groups excluding carboxylic acids is 2. The molecule has 7 heteroatoms. The van der Waals surface area contributed by atoms with Crippen LogP contribution in [0.4, 0.5) is 0 Å². The van der Waals surface area contributed by atoms with Crippen LogP contribution in [0.3, 0.4) is 0 Å². The van der Waals surface area contributed by atoms with E-state index in [4.69, 9.17) is 10.5 Å². The minimum atomic E-state index is -0.161. The number of hydrogen-bond acceptors (Lipinski definition) is 6. The number of aromatic nitrogens is 1. The van der Waals surface area contributed by atoms with Crippen molar-refractivity contribution >= 4 is 23.2 Å². The second kappa shape index (κ2) is 7.00. The minimum Gasteiger partial charge on any atom is -0.466 e. The third-order valence-electron chi connectivity index (χ3n) is 3.53. The molecule has 2 N–H and O–H groups in total. The maximum atomic E-state index is 12.4. The van der Waals surface area contributed by atoms with Gasteiger partial charge >= 0.3 is 5.97 Å². The van der Waals surface area contributed by atoms with Crippen LogP contribution < -0.4 is 5.73 Å². The average molecular weight is 311 g/mol. The van der Waals surface area contributed by atoms with Crippen molar-refractivity contribution in [3.63, 3.8) is 0 Å². The lowest BCUT2D eigenvalue weighted by Crippen LogP contribution is -2.40. The van der Waals surface area contributed by atoms with Gasteiger partial charge in [0.1, 0.15) is 10.7 Å². The Labute approximate surface area is 128 Å². The van der Waals surface area contributed by atoms with Crippen LogP contribution in [0.25, 0.3) is 0 Å².